The van der Waals surface area contributed by atoms with Crippen molar-refractivity contribution in [2.45, 2.75) is 46.4 Å². The molecule has 0 spiro atoms. The van der Waals surface area contributed by atoms with Gasteiger partial charge in [0.1, 0.15) is 5.58 Å². The van der Waals surface area contributed by atoms with Crippen molar-refractivity contribution in [2.24, 2.45) is 0 Å². The molecule has 0 radical (unpaired) electrons. The van der Waals surface area contributed by atoms with Gasteiger partial charge in [-0.25, -0.2) is 4.79 Å². The molecule has 0 bridgehead atoms. The average Bonchev–Trinajstić information content (AvgIpc) is 2.65. The van der Waals surface area contributed by atoms with Crippen LogP contribution in [0.3, 0.4) is 0 Å². The summed E-state index contributed by atoms with van der Waals surface area (Å²) in [6.07, 6.45) is 0. The van der Waals surface area contributed by atoms with E-state index in [1.165, 1.54) is 29.0 Å². The first kappa shape index (κ1) is 21.2. The van der Waals surface area contributed by atoms with E-state index in [9.17, 15) is 9.59 Å². The molecule has 0 saturated heterocycles. The van der Waals surface area contributed by atoms with Gasteiger partial charge in [-0.2, -0.15) is 0 Å². The fourth-order valence-corrected chi connectivity index (χ4v) is 4.09. The summed E-state index contributed by atoms with van der Waals surface area (Å²) >= 11 is 1.50. The molecule has 0 unspecified atom stereocenters. The maximum Gasteiger partial charge on any atom is 0.336 e. The predicted octanol–water partition coefficient (Wildman–Crippen LogP) is 5.14. The summed E-state index contributed by atoms with van der Waals surface area (Å²) in [5.41, 5.74) is 6.95. The third kappa shape index (κ3) is 5.10. The third-order valence-corrected chi connectivity index (χ3v) is 6.33. The van der Waals surface area contributed by atoms with Crippen LogP contribution in [0, 0.1) is 27.7 Å². The average molecular weight is 410 g/mol. The van der Waals surface area contributed by atoms with Gasteiger partial charge >= 0.3 is 5.63 Å². The molecule has 1 heterocycles. The number of nitrogens with one attached hydrogen (secondary N) is 1. The highest BCUT2D eigenvalue weighted by molar-refractivity contribution is 7.99. The normalized spacial score (nSPS) is 12.2. The highest BCUT2D eigenvalue weighted by Gasteiger charge is 2.12. The fraction of sp³-hybridized carbons (Fsp3) is 0.333. The molecule has 0 fully saturated rings. The molecule has 2 aromatic carbocycles. The summed E-state index contributed by atoms with van der Waals surface area (Å²) in [4.78, 5) is 24.3. The van der Waals surface area contributed by atoms with Crippen LogP contribution >= 0.6 is 11.8 Å². The first-order chi connectivity index (χ1) is 13.7. The van der Waals surface area contributed by atoms with Gasteiger partial charge in [0.05, 0.1) is 11.8 Å². The molecule has 152 valence electrons. The van der Waals surface area contributed by atoms with Crippen LogP contribution in [0.2, 0.25) is 0 Å². The van der Waals surface area contributed by atoms with Crippen molar-refractivity contribution in [1.29, 1.82) is 0 Å². The Bertz CT molecular complexity index is 1120. The number of thioether (sulfide) groups is 1. The molecule has 0 aliphatic heterocycles. The van der Waals surface area contributed by atoms with Crippen molar-refractivity contribution in [2.75, 3.05) is 5.75 Å². The lowest BCUT2D eigenvalue weighted by molar-refractivity contribution is -0.119. The zero-order chi connectivity index (χ0) is 21.1. The van der Waals surface area contributed by atoms with E-state index in [1.54, 1.807) is 0 Å². The minimum atomic E-state index is -0.357. The van der Waals surface area contributed by atoms with Crippen molar-refractivity contribution in [3.05, 3.63) is 80.2 Å². The molecule has 3 aromatic rings. The van der Waals surface area contributed by atoms with Crippen LogP contribution in [-0.4, -0.2) is 11.7 Å². The van der Waals surface area contributed by atoms with Gasteiger partial charge in [0.15, 0.2) is 0 Å². The van der Waals surface area contributed by atoms with Crippen molar-refractivity contribution >= 4 is 28.6 Å². The number of hydrogen-bond acceptors (Lipinski definition) is 4. The summed E-state index contributed by atoms with van der Waals surface area (Å²) in [5, 5.41) is 3.99. The molecule has 1 amide bonds. The van der Waals surface area contributed by atoms with Crippen molar-refractivity contribution in [3.63, 3.8) is 0 Å². The molecule has 4 nitrogen and oxygen atoms in total. The fourth-order valence-electron chi connectivity index (χ4n) is 3.26. The van der Waals surface area contributed by atoms with Crippen molar-refractivity contribution in [1.82, 2.24) is 5.32 Å². The van der Waals surface area contributed by atoms with E-state index in [0.717, 1.165) is 27.6 Å². The second-order valence-electron chi connectivity index (χ2n) is 7.65. The molecule has 0 saturated carbocycles. The van der Waals surface area contributed by atoms with Crippen molar-refractivity contribution in [3.8, 4) is 0 Å². The van der Waals surface area contributed by atoms with Gasteiger partial charge in [-0.1, -0.05) is 18.2 Å². The van der Waals surface area contributed by atoms with Crippen LogP contribution in [0.4, 0.5) is 0 Å². The molecular formula is C24H27NO3S. The summed E-state index contributed by atoms with van der Waals surface area (Å²) in [7, 11) is 0. The second-order valence-corrected chi connectivity index (χ2v) is 8.63. The van der Waals surface area contributed by atoms with Crippen LogP contribution in [0.25, 0.3) is 11.0 Å². The molecular weight excluding hydrogens is 382 g/mol. The minimum Gasteiger partial charge on any atom is -0.423 e. The van der Waals surface area contributed by atoms with E-state index in [1.807, 2.05) is 32.9 Å². The Hall–Kier alpha value is -2.53. The highest BCUT2D eigenvalue weighted by Crippen LogP contribution is 2.25. The molecule has 0 aliphatic rings. The Morgan fingerprint density at radius 3 is 2.41 bits per heavy atom. The van der Waals surface area contributed by atoms with Crippen LogP contribution in [0.15, 0.2) is 45.6 Å². The third-order valence-electron chi connectivity index (χ3n) is 5.34. The molecule has 29 heavy (non-hydrogen) atoms. The maximum absolute atomic E-state index is 12.4. The number of carbonyl (C=O) groups is 1. The van der Waals surface area contributed by atoms with Gasteiger partial charge < -0.3 is 9.73 Å². The lowest BCUT2D eigenvalue weighted by Crippen LogP contribution is -2.28. The zero-order valence-corrected chi connectivity index (χ0v) is 18.4. The maximum atomic E-state index is 12.4. The smallest absolute Gasteiger partial charge is 0.336 e. The van der Waals surface area contributed by atoms with Gasteiger partial charge in [-0.05, 0) is 80.1 Å². The number of amides is 1. The van der Waals surface area contributed by atoms with E-state index in [-0.39, 0.29) is 17.6 Å². The number of carbonyl (C=O) groups excluding carboxylic acids is 1. The quantitative estimate of drug-likeness (QED) is 0.573. The van der Waals surface area contributed by atoms with Gasteiger partial charge in [-0.15, -0.1) is 11.8 Å². The summed E-state index contributed by atoms with van der Waals surface area (Å²) in [5.74, 6) is 0.901. The molecule has 5 heteroatoms. The van der Waals surface area contributed by atoms with E-state index >= 15 is 0 Å². The van der Waals surface area contributed by atoms with E-state index < -0.39 is 0 Å². The lowest BCUT2D eigenvalue weighted by Gasteiger charge is -2.16. The second kappa shape index (κ2) is 8.87. The van der Waals surface area contributed by atoms with E-state index in [2.05, 4.69) is 37.4 Å². The van der Waals surface area contributed by atoms with Crippen molar-refractivity contribution < 1.29 is 9.21 Å². The minimum absolute atomic E-state index is 0.0139. The van der Waals surface area contributed by atoms with Gasteiger partial charge in [-0.3, -0.25) is 4.79 Å². The zero-order valence-electron chi connectivity index (χ0n) is 17.6. The van der Waals surface area contributed by atoms with Crippen LogP contribution in [0.5, 0.6) is 0 Å². The van der Waals surface area contributed by atoms with Gasteiger partial charge in [0.25, 0.3) is 0 Å². The summed E-state index contributed by atoms with van der Waals surface area (Å²) in [6.45, 7) is 10.2. The molecule has 1 aromatic heterocycles. The SMILES string of the molecule is Cc1ccc([C@@H](C)NC(=O)CSCc2cc(=O)oc3cc(C)c(C)cc23)cc1C. The number of hydrogen-bond donors (Lipinski definition) is 1. The number of rotatable bonds is 6. The Kier molecular flexibility index (Phi) is 6.48. The van der Waals surface area contributed by atoms with Crippen LogP contribution < -0.4 is 10.9 Å². The Balaban J connectivity index is 1.63. The number of benzene rings is 2. The largest absolute Gasteiger partial charge is 0.423 e. The van der Waals surface area contributed by atoms with E-state index in [4.69, 9.17) is 4.42 Å². The van der Waals surface area contributed by atoms with Gasteiger partial charge in [0, 0.05) is 17.2 Å². The number of aryl methyl sites for hydroxylation is 4. The molecule has 0 aliphatic carbocycles. The topological polar surface area (TPSA) is 59.3 Å². The predicted molar refractivity (Wildman–Crippen MR) is 121 cm³/mol. The Morgan fingerprint density at radius 1 is 1.00 bits per heavy atom. The highest BCUT2D eigenvalue weighted by atomic mass is 32.2. The monoisotopic (exact) mass is 409 g/mol. The molecule has 3 rings (SSSR count). The Labute approximate surface area is 175 Å². The van der Waals surface area contributed by atoms with Gasteiger partial charge in [0.2, 0.25) is 5.91 Å². The van der Waals surface area contributed by atoms with Crippen LogP contribution in [0.1, 0.15) is 46.3 Å². The lowest BCUT2D eigenvalue weighted by atomic mass is 10.0. The summed E-state index contributed by atoms with van der Waals surface area (Å²) in [6, 6.07) is 11.7. The molecule has 1 N–H and O–H groups in total. The summed E-state index contributed by atoms with van der Waals surface area (Å²) < 4.78 is 5.34. The van der Waals surface area contributed by atoms with E-state index in [0.29, 0.717) is 17.1 Å². The van der Waals surface area contributed by atoms with Crippen LogP contribution in [-0.2, 0) is 10.5 Å². The Morgan fingerprint density at radius 2 is 1.69 bits per heavy atom. The molecule has 1 atom stereocenters. The first-order valence-corrected chi connectivity index (χ1v) is 10.9. The number of fused-ring (bicyclic) bond motifs is 1. The first-order valence-electron chi connectivity index (χ1n) is 9.73. The standard InChI is InChI=1S/C24H27NO3S/c1-14-6-7-19(8-15(14)2)18(5)25-23(26)13-29-12-20-11-24(27)28-22-10-17(4)16(3)9-21(20)22/h6-11,18H,12-13H2,1-5H3,(H,25,26)/t18-/m1/s1.